The van der Waals surface area contributed by atoms with E-state index in [0.717, 1.165) is 16.4 Å². The zero-order valence-corrected chi connectivity index (χ0v) is 19.8. The molecule has 1 aliphatic heterocycles. The van der Waals surface area contributed by atoms with Gasteiger partial charge in [-0.2, -0.15) is 9.40 Å². The molecule has 0 radical (unpaired) electrons. The van der Waals surface area contributed by atoms with E-state index < -0.39 is 38.4 Å². The lowest BCUT2D eigenvalue weighted by molar-refractivity contribution is 0.102. The Bertz CT molecular complexity index is 1580. The van der Waals surface area contributed by atoms with Gasteiger partial charge in [0.1, 0.15) is 17.3 Å². The van der Waals surface area contributed by atoms with Gasteiger partial charge in [0.25, 0.3) is 11.8 Å². The average molecular weight is 528 g/mol. The molecule has 0 aliphatic carbocycles. The number of aromatic nitrogens is 4. The summed E-state index contributed by atoms with van der Waals surface area (Å²) in [6, 6.07) is 8.41. The number of nitrogens with zero attached hydrogens (tertiary/aromatic N) is 3. The zero-order chi connectivity index (χ0) is 26.2. The Morgan fingerprint density at radius 3 is 2.51 bits per heavy atom. The average Bonchev–Trinajstić information content (AvgIpc) is 3.54. The number of fused-ring (bicyclic) bond motifs is 1. The molecule has 11 nitrogen and oxygen atoms in total. The molecule has 2 aromatic carbocycles. The number of imidazole rings is 1. The van der Waals surface area contributed by atoms with Gasteiger partial charge in [0.15, 0.2) is 5.82 Å². The standard InChI is InChI=1S/C23H19F2N7O4S/c24-13-7-14(25)9-15(8-13)37(35,36)32-6-5-19-17(11-32)21(31-30-19)29-22(33)16-3-1-2-4-18(16)28-23(34)20-10-26-12-27-20/h1-4,7-10,12H,5-6,11H2,(H,26,27)(H,28,34)(H2,29,30,31,33). The van der Waals surface area contributed by atoms with Gasteiger partial charge >= 0.3 is 0 Å². The number of hydrogen-bond donors (Lipinski definition) is 4. The number of amides is 2. The smallest absolute Gasteiger partial charge is 0.273 e. The van der Waals surface area contributed by atoms with Crippen LogP contribution in [0.2, 0.25) is 0 Å². The zero-order valence-electron chi connectivity index (χ0n) is 19.0. The van der Waals surface area contributed by atoms with Crippen molar-refractivity contribution in [3.05, 3.63) is 89.1 Å². The van der Waals surface area contributed by atoms with Crippen molar-refractivity contribution >= 4 is 33.3 Å². The number of para-hydroxylation sites is 1. The highest BCUT2D eigenvalue weighted by atomic mass is 32.2. The number of benzene rings is 2. The van der Waals surface area contributed by atoms with Crippen LogP contribution in [-0.4, -0.2) is 51.2 Å². The molecule has 4 N–H and O–H groups in total. The minimum Gasteiger partial charge on any atom is -0.341 e. The van der Waals surface area contributed by atoms with Crippen LogP contribution in [0.15, 0.2) is 59.9 Å². The molecular formula is C23H19F2N7O4S. The van der Waals surface area contributed by atoms with E-state index in [1.807, 2.05) is 0 Å². The molecule has 0 spiro atoms. The summed E-state index contributed by atoms with van der Waals surface area (Å²) >= 11 is 0. The lowest BCUT2D eigenvalue weighted by atomic mass is 10.1. The second-order valence-electron chi connectivity index (χ2n) is 8.14. The number of aromatic amines is 2. The number of hydrogen-bond acceptors (Lipinski definition) is 6. The van der Waals surface area contributed by atoms with E-state index in [-0.39, 0.29) is 42.3 Å². The molecule has 0 saturated heterocycles. The molecule has 0 fully saturated rings. The van der Waals surface area contributed by atoms with Gasteiger partial charge in [0, 0.05) is 36.8 Å². The summed E-state index contributed by atoms with van der Waals surface area (Å²) in [7, 11) is -4.22. The first-order valence-electron chi connectivity index (χ1n) is 10.9. The molecule has 1 aliphatic rings. The maximum absolute atomic E-state index is 13.7. The molecule has 3 heterocycles. The van der Waals surface area contributed by atoms with Crippen molar-refractivity contribution in [2.24, 2.45) is 0 Å². The van der Waals surface area contributed by atoms with Crippen LogP contribution in [0.3, 0.4) is 0 Å². The summed E-state index contributed by atoms with van der Waals surface area (Å²) in [6.45, 7) is -0.133. The minimum atomic E-state index is -4.22. The number of sulfonamides is 1. The van der Waals surface area contributed by atoms with E-state index in [1.54, 1.807) is 18.2 Å². The highest BCUT2D eigenvalue weighted by Crippen LogP contribution is 2.29. The van der Waals surface area contributed by atoms with Crippen molar-refractivity contribution in [3.63, 3.8) is 0 Å². The van der Waals surface area contributed by atoms with Crippen LogP contribution in [0.25, 0.3) is 0 Å². The Morgan fingerprint density at radius 2 is 1.78 bits per heavy atom. The van der Waals surface area contributed by atoms with Gasteiger partial charge in [-0.15, -0.1) is 0 Å². The number of anilines is 2. The fourth-order valence-electron chi connectivity index (χ4n) is 3.94. The molecule has 190 valence electrons. The van der Waals surface area contributed by atoms with E-state index in [1.165, 1.54) is 18.6 Å². The maximum atomic E-state index is 13.7. The molecule has 0 unspecified atom stereocenters. The molecule has 5 rings (SSSR count). The first kappa shape index (κ1) is 24.3. The fraction of sp³-hybridized carbons (Fsp3) is 0.130. The fourth-order valence-corrected chi connectivity index (χ4v) is 5.39. The summed E-state index contributed by atoms with van der Waals surface area (Å²) in [5.74, 6) is -3.01. The first-order valence-corrected chi connectivity index (χ1v) is 12.4. The summed E-state index contributed by atoms with van der Waals surface area (Å²) in [5.41, 5.74) is 1.62. The van der Waals surface area contributed by atoms with Crippen molar-refractivity contribution < 1.29 is 26.8 Å². The second kappa shape index (κ2) is 9.55. The van der Waals surface area contributed by atoms with Crippen LogP contribution < -0.4 is 10.6 Å². The molecule has 0 saturated carbocycles. The molecule has 37 heavy (non-hydrogen) atoms. The van der Waals surface area contributed by atoms with E-state index in [2.05, 4.69) is 30.8 Å². The second-order valence-corrected chi connectivity index (χ2v) is 10.1. The van der Waals surface area contributed by atoms with Gasteiger partial charge < -0.3 is 15.6 Å². The summed E-state index contributed by atoms with van der Waals surface area (Å²) in [5, 5.41) is 12.2. The van der Waals surface area contributed by atoms with Gasteiger partial charge in [0.2, 0.25) is 10.0 Å². The van der Waals surface area contributed by atoms with Crippen LogP contribution in [-0.2, 0) is 23.0 Å². The lowest BCUT2D eigenvalue weighted by Crippen LogP contribution is -2.36. The maximum Gasteiger partial charge on any atom is 0.273 e. The van der Waals surface area contributed by atoms with Crippen molar-refractivity contribution in [2.45, 2.75) is 17.9 Å². The molecule has 0 atom stereocenters. The monoisotopic (exact) mass is 527 g/mol. The highest BCUT2D eigenvalue weighted by Gasteiger charge is 2.32. The van der Waals surface area contributed by atoms with Crippen LogP contribution in [0, 0.1) is 11.6 Å². The Kier molecular flexibility index (Phi) is 6.27. The first-order chi connectivity index (χ1) is 17.7. The number of carbonyl (C=O) groups is 2. The Labute approximate surface area is 209 Å². The molecule has 2 aromatic heterocycles. The Morgan fingerprint density at radius 1 is 1.03 bits per heavy atom. The Hall–Kier alpha value is -4.43. The normalized spacial score (nSPS) is 13.7. The van der Waals surface area contributed by atoms with Gasteiger partial charge in [-0.05, 0) is 24.3 Å². The van der Waals surface area contributed by atoms with Crippen molar-refractivity contribution in [1.82, 2.24) is 24.5 Å². The summed E-state index contributed by atoms with van der Waals surface area (Å²) in [6.07, 6.45) is 2.93. The van der Waals surface area contributed by atoms with Crippen LogP contribution in [0.5, 0.6) is 0 Å². The van der Waals surface area contributed by atoms with E-state index in [9.17, 15) is 26.8 Å². The largest absolute Gasteiger partial charge is 0.341 e. The summed E-state index contributed by atoms with van der Waals surface area (Å²) in [4.78, 5) is 31.5. The topological polar surface area (TPSA) is 153 Å². The lowest BCUT2D eigenvalue weighted by Gasteiger charge is -2.26. The van der Waals surface area contributed by atoms with Crippen LogP contribution in [0.1, 0.15) is 32.1 Å². The highest BCUT2D eigenvalue weighted by molar-refractivity contribution is 7.89. The van der Waals surface area contributed by atoms with E-state index >= 15 is 0 Å². The third-order valence-corrected chi connectivity index (χ3v) is 7.59. The summed E-state index contributed by atoms with van der Waals surface area (Å²) < 4.78 is 54.5. The molecule has 0 bridgehead atoms. The Balaban J connectivity index is 1.37. The number of nitrogens with one attached hydrogen (secondary N) is 4. The van der Waals surface area contributed by atoms with Gasteiger partial charge in [-0.25, -0.2) is 22.2 Å². The number of rotatable bonds is 6. The van der Waals surface area contributed by atoms with Crippen LogP contribution in [0.4, 0.5) is 20.3 Å². The van der Waals surface area contributed by atoms with Crippen molar-refractivity contribution in [3.8, 4) is 0 Å². The molecule has 4 aromatic rings. The van der Waals surface area contributed by atoms with Crippen molar-refractivity contribution in [2.75, 3.05) is 17.2 Å². The van der Waals surface area contributed by atoms with Crippen molar-refractivity contribution in [1.29, 1.82) is 0 Å². The van der Waals surface area contributed by atoms with Gasteiger partial charge in [-0.1, -0.05) is 12.1 Å². The predicted molar refractivity (Wildman–Crippen MR) is 127 cm³/mol. The number of halogens is 2. The van der Waals surface area contributed by atoms with E-state index in [4.69, 9.17) is 0 Å². The van der Waals surface area contributed by atoms with Gasteiger partial charge in [-0.3, -0.25) is 14.7 Å². The third kappa shape index (κ3) is 4.83. The quantitative estimate of drug-likeness (QED) is 0.302. The molecule has 2 amide bonds. The van der Waals surface area contributed by atoms with Crippen LogP contribution >= 0.6 is 0 Å². The number of carbonyl (C=O) groups excluding carboxylic acids is 2. The predicted octanol–water partition coefficient (Wildman–Crippen LogP) is 2.66. The van der Waals surface area contributed by atoms with Gasteiger partial charge in [0.05, 0.1) is 28.7 Å². The third-order valence-electron chi connectivity index (χ3n) is 5.77. The molecular weight excluding hydrogens is 508 g/mol. The van der Waals surface area contributed by atoms with E-state index in [0.29, 0.717) is 17.3 Å². The molecule has 14 heteroatoms. The number of H-pyrrole nitrogens is 2. The SMILES string of the molecule is O=C(Nc1ccccc1C(=O)Nc1n[nH]c2c1CN(S(=O)(=O)c1cc(F)cc(F)c1)CC2)c1cnc[nH]1. The minimum absolute atomic E-state index is 0.0471.